The molecule has 3 nitrogen and oxygen atoms in total. The third-order valence-corrected chi connectivity index (χ3v) is 2.19. The molecule has 1 rings (SSSR count). The number of ketones is 1. The van der Waals surface area contributed by atoms with E-state index in [0.29, 0.717) is 29.1 Å². The maximum absolute atomic E-state index is 11.6. The van der Waals surface area contributed by atoms with Gasteiger partial charge in [-0.3, -0.25) is 4.79 Å². The number of hydrogen-bond donors (Lipinski definition) is 1. The van der Waals surface area contributed by atoms with Crippen LogP contribution in [0.25, 0.3) is 0 Å². The van der Waals surface area contributed by atoms with Gasteiger partial charge < -0.3 is 10.5 Å². The summed E-state index contributed by atoms with van der Waals surface area (Å²) >= 11 is 4.71. The van der Waals surface area contributed by atoms with Crippen molar-refractivity contribution >= 4 is 23.0 Å². The number of carbonyl (C=O) groups excluding carboxylic acids is 1. The lowest BCUT2D eigenvalue weighted by Gasteiger charge is -2.03. The second kappa shape index (κ2) is 5.46. The van der Waals surface area contributed by atoms with E-state index in [1.807, 2.05) is 0 Å². The minimum atomic E-state index is 0.0294. The summed E-state index contributed by atoms with van der Waals surface area (Å²) in [4.78, 5) is 12.0. The maximum Gasteiger partial charge on any atom is 0.163 e. The van der Waals surface area contributed by atoms with Crippen LogP contribution in [0, 0.1) is 0 Å². The van der Waals surface area contributed by atoms with E-state index in [0.717, 1.165) is 0 Å². The molecule has 0 bridgehead atoms. The first-order valence-corrected chi connectivity index (χ1v) is 5.00. The summed E-state index contributed by atoms with van der Waals surface area (Å²) in [7, 11) is 1.57. The largest absolute Gasteiger partial charge is 0.497 e. The van der Waals surface area contributed by atoms with Crippen LogP contribution in [0.4, 0.5) is 0 Å². The Hall–Kier alpha value is -1.42. The molecule has 1 aromatic carbocycles. The first-order chi connectivity index (χ1) is 7.13. The van der Waals surface area contributed by atoms with Crippen molar-refractivity contribution in [2.75, 3.05) is 7.11 Å². The Morgan fingerprint density at radius 3 is 2.80 bits per heavy atom. The highest BCUT2D eigenvalue weighted by Crippen LogP contribution is 2.14. The molecule has 4 heteroatoms. The van der Waals surface area contributed by atoms with Crippen LogP contribution in [0.5, 0.6) is 5.75 Å². The summed E-state index contributed by atoms with van der Waals surface area (Å²) in [6, 6.07) is 7.05. The summed E-state index contributed by atoms with van der Waals surface area (Å²) in [5, 5.41) is 0. The van der Waals surface area contributed by atoms with Gasteiger partial charge in [0.25, 0.3) is 0 Å². The molecule has 2 N–H and O–H groups in total. The highest BCUT2D eigenvalue weighted by Gasteiger charge is 2.06. The first kappa shape index (κ1) is 11.7. The average Bonchev–Trinajstić information content (AvgIpc) is 2.26. The van der Waals surface area contributed by atoms with Crippen LogP contribution in [0.1, 0.15) is 23.2 Å². The Bertz CT molecular complexity index is 377. The monoisotopic (exact) mass is 223 g/mol. The number of methoxy groups -OCH3 is 1. The molecule has 15 heavy (non-hydrogen) atoms. The highest BCUT2D eigenvalue weighted by atomic mass is 32.1. The number of Topliss-reactive ketones (excluding diaryl/α,β-unsaturated/α-hetero) is 1. The number of nitrogens with two attached hydrogens (primary N) is 1. The Morgan fingerprint density at radius 2 is 2.20 bits per heavy atom. The fraction of sp³-hybridized carbons (Fsp3) is 0.273. The van der Waals surface area contributed by atoms with Crippen molar-refractivity contribution in [3.8, 4) is 5.75 Å². The number of ether oxygens (including phenoxy) is 1. The van der Waals surface area contributed by atoms with Gasteiger partial charge in [-0.1, -0.05) is 24.4 Å². The molecule has 0 aromatic heterocycles. The maximum atomic E-state index is 11.6. The van der Waals surface area contributed by atoms with E-state index in [4.69, 9.17) is 22.7 Å². The van der Waals surface area contributed by atoms with Crippen LogP contribution < -0.4 is 10.5 Å². The van der Waals surface area contributed by atoms with Crippen LogP contribution in [0.2, 0.25) is 0 Å². The zero-order valence-corrected chi connectivity index (χ0v) is 9.34. The van der Waals surface area contributed by atoms with E-state index in [9.17, 15) is 4.79 Å². The standard InChI is InChI=1S/C11H13NO2S/c1-14-9-4-2-3-8(7-9)10(13)5-6-11(12)15/h2-4,7H,5-6H2,1H3,(H2,12,15). The fourth-order valence-corrected chi connectivity index (χ4v) is 1.28. The third-order valence-electron chi connectivity index (χ3n) is 1.99. The zero-order chi connectivity index (χ0) is 11.3. The van der Waals surface area contributed by atoms with Gasteiger partial charge in [0.2, 0.25) is 0 Å². The van der Waals surface area contributed by atoms with E-state index in [1.165, 1.54) is 0 Å². The molecule has 0 atom stereocenters. The van der Waals surface area contributed by atoms with Gasteiger partial charge in [-0.05, 0) is 12.1 Å². The fourth-order valence-electron chi connectivity index (χ4n) is 1.18. The first-order valence-electron chi connectivity index (χ1n) is 4.59. The van der Waals surface area contributed by atoms with Gasteiger partial charge in [-0.15, -0.1) is 0 Å². The van der Waals surface area contributed by atoms with E-state index in [-0.39, 0.29) is 5.78 Å². The van der Waals surface area contributed by atoms with E-state index in [1.54, 1.807) is 31.4 Å². The van der Waals surface area contributed by atoms with Crippen molar-refractivity contribution in [2.24, 2.45) is 5.73 Å². The van der Waals surface area contributed by atoms with Crippen molar-refractivity contribution in [1.29, 1.82) is 0 Å². The molecule has 1 aromatic rings. The number of carbonyl (C=O) groups is 1. The molecule has 0 saturated carbocycles. The third kappa shape index (κ3) is 3.67. The van der Waals surface area contributed by atoms with Crippen molar-refractivity contribution in [3.05, 3.63) is 29.8 Å². The highest BCUT2D eigenvalue weighted by molar-refractivity contribution is 7.80. The number of benzene rings is 1. The molecule has 0 unspecified atom stereocenters. The summed E-state index contributed by atoms with van der Waals surface area (Å²) < 4.78 is 5.03. The summed E-state index contributed by atoms with van der Waals surface area (Å²) in [5.41, 5.74) is 5.96. The van der Waals surface area contributed by atoms with Crippen LogP contribution in [-0.4, -0.2) is 17.9 Å². The molecule has 0 spiro atoms. The van der Waals surface area contributed by atoms with Crippen molar-refractivity contribution in [1.82, 2.24) is 0 Å². The molecule has 0 heterocycles. The molecule has 80 valence electrons. The molecule has 0 aliphatic carbocycles. The van der Waals surface area contributed by atoms with Crippen LogP contribution >= 0.6 is 12.2 Å². The SMILES string of the molecule is COc1cccc(C(=O)CCC(N)=S)c1. The van der Waals surface area contributed by atoms with Crippen molar-refractivity contribution in [3.63, 3.8) is 0 Å². The molecule has 0 aliphatic rings. The van der Waals surface area contributed by atoms with Gasteiger partial charge in [-0.25, -0.2) is 0 Å². The Balaban J connectivity index is 2.69. The second-order valence-corrected chi connectivity index (χ2v) is 3.65. The van der Waals surface area contributed by atoms with Crippen LogP contribution in [0.3, 0.4) is 0 Å². The van der Waals surface area contributed by atoms with Crippen molar-refractivity contribution in [2.45, 2.75) is 12.8 Å². The van der Waals surface area contributed by atoms with Gasteiger partial charge >= 0.3 is 0 Å². The summed E-state index contributed by atoms with van der Waals surface area (Å²) in [6.07, 6.45) is 0.799. The lowest BCUT2D eigenvalue weighted by Crippen LogP contribution is -2.10. The quantitative estimate of drug-likeness (QED) is 0.612. The molecule has 0 radical (unpaired) electrons. The van der Waals surface area contributed by atoms with Gasteiger partial charge in [0.1, 0.15) is 5.75 Å². The predicted molar refractivity (Wildman–Crippen MR) is 63.3 cm³/mol. The molecule has 0 fully saturated rings. The number of hydrogen-bond acceptors (Lipinski definition) is 3. The Morgan fingerprint density at radius 1 is 1.47 bits per heavy atom. The molecule has 0 saturated heterocycles. The van der Waals surface area contributed by atoms with Gasteiger partial charge in [0.05, 0.1) is 12.1 Å². The molecule has 0 amide bonds. The summed E-state index contributed by atoms with van der Waals surface area (Å²) in [5.74, 6) is 0.706. The van der Waals surface area contributed by atoms with Gasteiger partial charge in [-0.2, -0.15) is 0 Å². The molecular formula is C11H13NO2S. The van der Waals surface area contributed by atoms with E-state index >= 15 is 0 Å². The van der Waals surface area contributed by atoms with Gasteiger partial charge in [0.15, 0.2) is 5.78 Å². The topological polar surface area (TPSA) is 52.3 Å². The minimum absolute atomic E-state index is 0.0294. The lowest BCUT2D eigenvalue weighted by atomic mass is 10.1. The minimum Gasteiger partial charge on any atom is -0.497 e. The molecule has 0 aliphatic heterocycles. The van der Waals surface area contributed by atoms with E-state index < -0.39 is 0 Å². The zero-order valence-electron chi connectivity index (χ0n) is 8.53. The lowest BCUT2D eigenvalue weighted by molar-refractivity contribution is 0.0984. The number of rotatable bonds is 5. The average molecular weight is 223 g/mol. The predicted octanol–water partition coefficient (Wildman–Crippen LogP) is 1.94. The Kier molecular flexibility index (Phi) is 4.24. The normalized spacial score (nSPS) is 9.67. The summed E-state index contributed by atoms with van der Waals surface area (Å²) in [6.45, 7) is 0. The van der Waals surface area contributed by atoms with E-state index in [2.05, 4.69) is 0 Å². The van der Waals surface area contributed by atoms with Crippen molar-refractivity contribution < 1.29 is 9.53 Å². The smallest absolute Gasteiger partial charge is 0.163 e. The number of thiocarbonyl (C=S) groups is 1. The van der Waals surface area contributed by atoms with Crippen LogP contribution in [0.15, 0.2) is 24.3 Å². The van der Waals surface area contributed by atoms with Gasteiger partial charge in [0, 0.05) is 18.4 Å². The molecular weight excluding hydrogens is 210 g/mol. The van der Waals surface area contributed by atoms with Crippen LogP contribution in [-0.2, 0) is 0 Å². The Labute approximate surface area is 94.2 Å². The second-order valence-electron chi connectivity index (χ2n) is 3.12.